The first kappa shape index (κ1) is 15.0. The van der Waals surface area contributed by atoms with Crippen molar-refractivity contribution in [1.82, 2.24) is 0 Å². The quantitative estimate of drug-likeness (QED) is 0.872. The minimum atomic E-state index is -3.80. The zero-order chi connectivity index (χ0) is 14.9. The maximum absolute atomic E-state index is 12.0. The Bertz CT molecular complexity index is 634. The van der Waals surface area contributed by atoms with E-state index in [2.05, 4.69) is 5.32 Å². The molecule has 1 aliphatic rings. The molecule has 0 saturated carbocycles. The third-order valence-electron chi connectivity index (χ3n) is 3.45. The summed E-state index contributed by atoms with van der Waals surface area (Å²) in [7, 11) is -3.80. The predicted octanol–water partition coefficient (Wildman–Crippen LogP) is 1.07. The van der Waals surface area contributed by atoms with Gasteiger partial charge < -0.3 is 10.1 Å². The van der Waals surface area contributed by atoms with Crippen LogP contribution in [0, 0.1) is 13.8 Å². The summed E-state index contributed by atoms with van der Waals surface area (Å²) in [6.45, 7) is 4.16. The van der Waals surface area contributed by atoms with Gasteiger partial charge in [0.2, 0.25) is 10.0 Å². The second-order valence-electron chi connectivity index (χ2n) is 4.95. The van der Waals surface area contributed by atoms with Crippen LogP contribution < -0.4 is 10.5 Å². The number of sulfonamides is 1. The minimum absolute atomic E-state index is 0.0109. The average molecular weight is 298 g/mol. The van der Waals surface area contributed by atoms with Gasteiger partial charge in [0.25, 0.3) is 5.91 Å². The van der Waals surface area contributed by atoms with Gasteiger partial charge in [0.1, 0.15) is 6.10 Å². The van der Waals surface area contributed by atoms with Gasteiger partial charge in [0.05, 0.1) is 4.90 Å². The maximum atomic E-state index is 12.0. The van der Waals surface area contributed by atoms with Gasteiger partial charge in [-0.15, -0.1) is 0 Å². The fourth-order valence-electron chi connectivity index (χ4n) is 2.12. The molecule has 0 aliphatic carbocycles. The molecular formula is C13H18N2O4S. The largest absolute Gasteiger partial charge is 0.368 e. The summed E-state index contributed by atoms with van der Waals surface area (Å²) in [4.78, 5) is 12.0. The molecule has 1 atom stereocenters. The Morgan fingerprint density at radius 3 is 2.65 bits per heavy atom. The van der Waals surface area contributed by atoms with Crippen molar-refractivity contribution >= 4 is 21.6 Å². The van der Waals surface area contributed by atoms with Crippen molar-refractivity contribution < 1.29 is 17.9 Å². The third kappa shape index (κ3) is 3.17. The monoisotopic (exact) mass is 298 g/mol. The highest BCUT2D eigenvalue weighted by Crippen LogP contribution is 2.24. The molecule has 1 saturated heterocycles. The van der Waals surface area contributed by atoms with E-state index in [0.29, 0.717) is 18.7 Å². The smallest absolute Gasteiger partial charge is 0.253 e. The lowest BCUT2D eigenvalue weighted by Crippen LogP contribution is -2.27. The van der Waals surface area contributed by atoms with E-state index in [0.717, 1.165) is 17.5 Å². The molecule has 1 unspecified atom stereocenters. The van der Waals surface area contributed by atoms with Crippen LogP contribution in [-0.2, 0) is 19.6 Å². The summed E-state index contributed by atoms with van der Waals surface area (Å²) in [5, 5.41) is 7.85. The van der Waals surface area contributed by atoms with Crippen molar-refractivity contribution in [3.63, 3.8) is 0 Å². The zero-order valence-corrected chi connectivity index (χ0v) is 12.3. The number of amides is 1. The Kier molecular flexibility index (Phi) is 4.12. The topological polar surface area (TPSA) is 98.5 Å². The summed E-state index contributed by atoms with van der Waals surface area (Å²) < 4.78 is 28.2. The molecule has 0 aromatic heterocycles. The summed E-state index contributed by atoms with van der Waals surface area (Å²) in [5.74, 6) is -0.253. The van der Waals surface area contributed by atoms with E-state index < -0.39 is 16.1 Å². The molecule has 1 amide bonds. The lowest BCUT2D eigenvalue weighted by molar-refractivity contribution is -0.124. The molecule has 1 aromatic rings. The summed E-state index contributed by atoms with van der Waals surface area (Å²) >= 11 is 0. The fourth-order valence-corrected chi connectivity index (χ4v) is 2.74. The molecule has 20 heavy (non-hydrogen) atoms. The molecule has 0 radical (unpaired) electrons. The van der Waals surface area contributed by atoms with Gasteiger partial charge in [-0.2, -0.15) is 0 Å². The number of primary sulfonamides is 1. The summed E-state index contributed by atoms with van der Waals surface area (Å²) in [6.07, 6.45) is 1.07. The number of rotatable bonds is 3. The average Bonchev–Trinajstić information content (AvgIpc) is 2.87. The van der Waals surface area contributed by atoms with Gasteiger partial charge in [0.15, 0.2) is 0 Å². The first-order valence-electron chi connectivity index (χ1n) is 6.35. The van der Waals surface area contributed by atoms with Crippen molar-refractivity contribution in [2.75, 3.05) is 11.9 Å². The molecule has 0 spiro atoms. The number of carbonyl (C=O) groups excluding carboxylic acids is 1. The molecule has 0 bridgehead atoms. The molecule has 110 valence electrons. The number of nitrogens with two attached hydrogens (primary N) is 1. The van der Waals surface area contributed by atoms with Crippen LogP contribution in [0.15, 0.2) is 17.0 Å². The van der Waals surface area contributed by atoms with E-state index in [9.17, 15) is 13.2 Å². The number of benzene rings is 1. The van der Waals surface area contributed by atoms with E-state index in [-0.39, 0.29) is 10.8 Å². The van der Waals surface area contributed by atoms with Crippen LogP contribution in [0.1, 0.15) is 24.0 Å². The molecule has 2 rings (SSSR count). The summed E-state index contributed by atoms with van der Waals surface area (Å²) in [5.41, 5.74) is 2.01. The number of ether oxygens (including phenoxy) is 1. The number of anilines is 1. The highest BCUT2D eigenvalue weighted by molar-refractivity contribution is 7.89. The lowest BCUT2D eigenvalue weighted by Gasteiger charge is -2.15. The minimum Gasteiger partial charge on any atom is -0.368 e. The lowest BCUT2D eigenvalue weighted by atomic mass is 10.1. The van der Waals surface area contributed by atoms with E-state index in [1.165, 1.54) is 12.1 Å². The molecule has 7 heteroatoms. The van der Waals surface area contributed by atoms with E-state index in [1.54, 1.807) is 6.92 Å². The van der Waals surface area contributed by atoms with E-state index in [4.69, 9.17) is 9.88 Å². The van der Waals surface area contributed by atoms with Gasteiger partial charge in [-0.3, -0.25) is 4.79 Å². The normalized spacial score (nSPS) is 19.1. The molecule has 1 fully saturated rings. The Morgan fingerprint density at radius 2 is 2.10 bits per heavy atom. The van der Waals surface area contributed by atoms with Crippen molar-refractivity contribution in [1.29, 1.82) is 0 Å². The van der Waals surface area contributed by atoms with Gasteiger partial charge in [0, 0.05) is 12.3 Å². The number of hydrogen-bond donors (Lipinski definition) is 2. The summed E-state index contributed by atoms with van der Waals surface area (Å²) in [6, 6.07) is 2.87. The number of hydrogen-bond acceptors (Lipinski definition) is 4. The van der Waals surface area contributed by atoms with Crippen LogP contribution in [-0.4, -0.2) is 27.0 Å². The van der Waals surface area contributed by atoms with Gasteiger partial charge in [-0.25, -0.2) is 13.6 Å². The van der Waals surface area contributed by atoms with Crippen LogP contribution in [0.25, 0.3) is 0 Å². The maximum Gasteiger partial charge on any atom is 0.253 e. The standard InChI is InChI=1S/C13H18N2O4S/c1-8-6-10(20(14,17)18)7-11(9(8)2)15-13(16)12-4-3-5-19-12/h6-7,12H,3-5H2,1-2H3,(H,15,16)(H2,14,17,18). The van der Waals surface area contributed by atoms with Crippen molar-refractivity contribution in [2.24, 2.45) is 5.14 Å². The third-order valence-corrected chi connectivity index (χ3v) is 4.34. The molecule has 3 N–H and O–H groups in total. The van der Waals surface area contributed by atoms with Crippen LogP contribution in [0.4, 0.5) is 5.69 Å². The van der Waals surface area contributed by atoms with Gasteiger partial charge in [-0.05, 0) is 49.9 Å². The highest BCUT2D eigenvalue weighted by atomic mass is 32.2. The number of nitrogens with one attached hydrogen (secondary N) is 1. The second kappa shape index (κ2) is 5.51. The molecular weight excluding hydrogens is 280 g/mol. The highest BCUT2D eigenvalue weighted by Gasteiger charge is 2.24. The zero-order valence-electron chi connectivity index (χ0n) is 11.5. The van der Waals surface area contributed by atoms with Gasteiger partial charge in [-0.1, -0.05) is 0 Å². The van der Waals surface area contributed by atoms with Crippen molar-refractivity contribution in [3.8, 4) is 0 Å². The van der Waals surface area contributed by atoms with Gasteiger partial charge >= 0.3 is 0 Å². The first-order chi connectivity index (χ1) is 9.29. The Hall–Kier alpha value is -1.44. The van der Waals surface area contributed by atoms with Crippen molar-refractivity contribution in [3.05, 3.63) is 23.3 Å². The number of aryl methyl sites for hydroxylation is 1. The van der Waals surface area contributed by atoms with Crippen LogP contribution in [0.3, 0.4) is 0 Å². The number of carbonyl (C=O) groups is 1. The van der Waals surface area contributed by atoms with E-state index >= 15 is 0 Å². The van der Waals surface area contributed by atoms with Crippen LogP contribution in [0.2, 0.25) is 0 Å². The van der Waals surface area contributed by atoms with Crippen LogP contribution in [0.5, 0.6) is 0 Å². The predicted molar refractivity (Wildman–Crippen MR) is 74.9 cm³/mol. The van der Waals surface area contributed by atoms with E-state index in [1.807, 2.05) is 6.92 Å². The Balaban J connectivity index is 2.31. The Labute approximate surface area is 118 Å². The Morgan fingerprint density at radius 1 is 1.40 bits per heavy atom. The van der Waals surface area contributed by atoms with Crippen LogP contribution >= 0.6 is 0 Å². The molecule has 1 aliphatic heterocycles. The molecule has 1 aromatic carbocycles. The van der Waals surface area contributed by atoms with Crippen molar-refractivity contribution in [2.45, 2.75) is 37.7 Å². The second-order valence-corrected chi connectivity index (χ2v) is 6.51. The first-order valence-corrected chi connectivity index (χ1v) is 7.90. The SMILES string of the molecule is Cc1cc(S(N)(=O)=O)cc(NC(=O)C2CCCO2)c1C. The molecule has 6 nitrogen and oxygen atoms in total. The fraction of sp³-hybridized carbons (Fsp3) is 0.462. The molecule has 1 heterocycles.